The standard InChI is InChI=1S/C14H22ClN/c1-11(2)16(8-7-15)10-14-6-5-12(3)13(4)9-14/h5-6,9,11H,7-8,10H2,1-4H3. The Bertz CT molecular complexity index is 334. The molecule has 0 aromatic heterocycles. The molecule has 0 aliphatic heterocycles. The highest BCUT2D eigenvalue weighted by molar-refractivity contribution is 6.18. The maximum absolute atomic E-state index is 5.82. The van der Waals surface area contributed by atoms with E-state index in [0.717, 1.165) is 13.1 Å². The van der Waals surface area contributed by atoms with Crippen LogP contribution in [0.5, 0.6) is 0 Å². The topological polar surface area (TPSA) is 3.24 Å². The summed E-state index contributed by atoms with van der Waals surface area (Å²) in [4.78, 5) is 2.40. The molecule has 0 aliphatic rings. The number of benzene rings is 1. The van der Waals surface area contributed by atoms with Crippen LogP contribution >= 0.6 is 11.6 Å². The molecule has 1 rings (SSSR count). The lowest BCUT2D eigenvalue weighted by molar-refractivity contribution is 0.226. The van der Waals surface area contributed by atoms with E-state index < -0.39 is 0 Å². The van der Waals surface area contributed by atoms with Crippen LogP contribution < -0.4 is 0 Å². The molecule has 0 saturated carbocycles. The number of aryl methyl sites for hydroxylation is 2. The van der Waals surface area contributed by atoms with Gasteiger partial charge in [-0.2, -0.15) is 0 Å². The Morgan fingerprint density at radius 1 is 1.19 bits per heavy atom. The maximum atomic E-state index is 5.82. The Morgan fingerprint density at radius 3 is 2.38 bits per heavy atom. The van der Waals surface area contributed by atoms with Crippen molar-refractivity contribution in [2.45, 2.75) is 40.3 Å². The van der Waals surface area contributed by atoms with E-state index in [0.29, 0.717) is 11.9 Å². The summed E-state index contributed by atoms with van der Waals surface area (Å²) in [5, 5.41) is 0. The molecule has 0 bridgehead atoms. The minimum Gasteiger partial charge on any atom is -0.296 e. The van der Waals surface area contributed by atoms with Crippen LogP contribution in [0.15, 0.2) is 18.2 Å². The lowest BCUT2D eigenvalue weighted by Crippen LogP contribution is -2.32. The van der Waals surface area contributed by atoms with Crippen LogP contribution in [-0.4, -0.2) is 23.4 Å². The second-order valence-electron chi connectivity index (χ2n) is 4.67. The van der Waals surface area contributed by atoms with Crippen molar-refractivity contribution in [2.24, 2.45) is 0 Å². The van der Waals surface area contributed by atoms with Crippen molar-refractivity contribution in [3.8, 4) is 0 Å². The van der Waals surface area contributed by atoms with Crippen LogP contribution in [0.2, 0.25) is 0 Å². The fraction of sp³-hybridized carbons (Fsp3) is 0.571. The first-order chi connectivity index (χ1) is 7.54. The average molecular weight is 240 g/mol. The van der Waals surface area contributed by atoms with E-state index in [4.69, 9.17) is 11.6 Å². The fourth-order valence-electron chi connectivity index (χ4n) is 1.76. The van der Waals surface area contributed by atoms with Gasteiger partial charge in [0.05, 0.1) is 0 Å². The molecule has 1 aromatic rings. The van der Waals surface area contributed by atoms with Gasteiger partial charge in [-0.25, -0.2) is 0 Å². The van der Waals surface area contributed by atoms with Gasteiger partial charge in [-0.3, -0.25) is 4.90 Å². The number of rotatable bonds is 5. The third-order valence-corrected chi connectivity index (χ3v) is 3.23. The van der Waals surface area contributed by atoms with Crippen molar-refractivity contribution >= 4 is 11.6 Å². The minimum absolute atomic E-state index is 0.542. The van der Waals surface area contributed by atoms with Crippen LogP contribution in [0.1, 0.15) is 30.5 Å². The van der Waals surface area contributed by atoms with E-state index in [2.05, 4.69) is 50.8 Å². The van der Waals surface area contributed by atoms with Crippen LogP contribution in [0.25, 0.3) is 0 Å². The van der Waals surface area contributed by atoms with Crippen molar-refractivity contribution in [1.29, 1.82) is 0 Å². The summed E-state index contributed by atoms with van der Waals surface area (Å²) in [7, 11) is 0. The first-order valence-corrected chi connectivity index (χ1v) is 6.44. The highest BCUT2D eigenvalue weighted by Crippen LogP contribution is 2.13. The van der Waals surface area contributed by atoms with Gasteiger partial charge in [0.25, 0.3) is 0 Å². The molecular weight excluding hydrogens is 218 g/mol. The van der Waals surface area contributed by atoms with Crippen molar-refractivity contribution in [2.75, 3.05) is 12.4 Å². The molecule has 0 N–H and O–H groups in total. The Hall–Kier alpha value is -0.530. The summed E-state index contributed by atoms with van der Waals surface area (Å²) in [5.74, 6) is 0.697. The number of alkyl halides is 1. The van der Waals surface area contributed by atoms with Crippen LogP contribution in [0.4, 0.5) is 0 Å². The molecule has 2 heteroatoms. The summed E-state index contributed by atoms with van der Waals surface area (Å²) >= 11 is 5.82. The van der Waals surface area contributed by atoms with E-state index in [1.807, 2.05) is 0 Å². The smallest absolute Gasteiger partial charge is 0.0351 e. The quantitative estimate of drug-likeness (QED) is 0.708. The monoisotopic (exact) mass is 239 g/mol. The molecule has 0 aliphatic carbocycles. The zero-order valence-electron chi connectivity index (χ0n) is 10.8. The molecule has 0 saturated heterocycles. The molecule has 0 radical (unpaired) electrons. The molecular formula is C14H22ClN. The lowest BCUT2D eigenvalue weighted by atomic mass is 10.1. The number of hydrogen-bond donors (Lipinski definition) is 0. The lowest BCUT2D eigenvalue weighted by Gasteiger charge is -2.25. The zero-order chi connectivity index (χ0) is 12.1. The van der Waals surface area contributed by atoms with Gasteiger partial charge in [-0.15, -0.1) is 11.6 Å². The summed E-state index contributed by atoms with van der Waals surface area (Å²) < 4.78 is 0. The van der Waals surface area contributed by atoms with E-state index >= 15 is 0 Å². The average Bonchev–Trinajstić information content (AvgIpc) is 2.22. The second kappa shape index (κ2) is 6.27. The predicted molar refractivity (Wildman–Crippen MR) is 72.2 cm³/mol. The normalized spacial score (nSPS) is 11.4. The molecule has 0 fully saturated rings. The SMILES string of the molecule is Cc1ccc(CN(CCCl)C(C)C)cc1C. The second-order valence-corrected chi connectivity index (χ2v) is 5.05. The van der Waals surface area contributed by atoms with Crippen molar-refractivity contribution in [3.05, 3.63) is 34.9 Å². The van der Waals surface area contributed by atoms with Gasteiger partial charge in [0.2, 0.25) is 0 Å². The summed E-state index contributed by atoms with van der Waals surface area (Å²) in [6, 6.07) is 7.23. The molecule has 1 nitrogen and oxygen atoms in total. The largest absolute Gasteiger partial charge is 0.296 e. The fourth-order valence-corrected chi connectivity index (χ4v) is 1.98. The summed E-state index contributed by atoms with van der Waals surface area (Å²) in [5.41, 5.74) is 4.10. The van der Waals surface area contributed by atoms with E-state index in [-0.39, 0.29) is 0 Å². The Kier molecular flexibility index (Phi) is 5.30. The summed E-state index contributed by atoms with van der Waals surface area (Å²) in [6.45, 7) is 10.7. The molecule has 0 spiro atoms. The van der Waals surface area contributed by atoms with Crippen molar-refractivity contribution in [3.63, 3.8) is 0 Å². The Morgan fingerprint density at radius 2 is 1.88 bits per heavy atom. The zero-order valence-corrected chi connectivity index (χ0v) is 11.5. The molecule has 0 heterocycles. The van der Waals surface area contributed by atoms with E-state index in [1.165, 1.54) is 16.7 Å². The van der Waals surface area contributed by atoms with Gasteiger partial charge in [0, 0.05) is 25.0 Å². The van der Waals surface area contributed by atoms with Crippen molar-refractivity contribution < 1.29 is 0 Å². The van der Waals surface area contributed by atoms with Gasteiger partial charge in [0.1, 0.15) is 0 Å². The molecule has 0 amide bonds. The van der Waals surface area contributed by atoms with Gasteiger partial charge in [0.15, 0.2) is 0 Å². The molecule has 1 aromatic carbocycles. The molecule has 0 atom stereocenters. The van der Waals surface area contributed by atoms with Crippen LogP contribution in [0, 0.1) is 13.8 Å². The Labute approximate surface area is 104 Å². The van der Waals surface area contributed by atoms with E-state index in [1.54, 1.807) is 0 Å². The third kappa shape index (κ3) is 3.80. The van der Waals surface area contributed by atoms with Gasteiger partial charge >= 0.3 is 0 Å². The third-order valence-electron chi connectivity index (χ3n) is 3.06. The predicted octanol–water partition coefficient (Wildman–Crippen LogP) is 3.75. The Balaban J connectivity index is 2.73. The molecule has 16 heavy (non-hydrogen) atoms. The van der Waals surface area contributed by atoms with Gasteiger partial charge in [-0.05, 0) is 44.4 Å². The van der Waals surface area contributed by atoms with Crippen molar-refractivity contribution in [1.82, 2.24) is 4.90 Å². The molecule has 0 unspecified atom stereocenters. The van der Waals surface area contributed by atoms with Crippen LogP contribution in [0.3, 0.4) is 0 Å². The van der Waals surface area contributed by atoms with Gasteiger partial charge < -0.3 is 0 Å². The summed E-state index contributed by atoms with van der Waals surface area (Å²) in [6.07, 6.45) is 0. The number of halogens is 1. The highest BCUT2D eigenvalue weighted by Gasteiger charge is 2.09. The first-order valence-electron chi connectivity index (χ1n) is 5.90. The maximum Gasteiger partial charge on any atom is 0.0351 e. The van der Waals surface area contributed by atoms with Gasteiger partial charge in [-0.1, -0.05) is 18.2 Å². The highest BCUT2D eigenvalue weighted by atomic mass is 35.5. The number of nitrogens with zero attached hydrogens (tertiary/aromatic N) is 1. The van der Waals surface area contributed by atoms with E-state index in [9.17, 15) is 0 Å². The number of hydrogen-bond acceptors (Lipinski definition) is 1. The van der Waals surface area contributed by atoms with Crippen LogP contribution in [-0.2, 0) is 6.54 Å². The minimum atomic E-state index is 0.542. The first kappa shape index (κ1) is 13.5. The molecule has 90 valence electrons.